The summed E-state index contributed by atoms with van der Waals surface area (Å²) in [5.41, 5.74) is 0.0927. The van der Waals surface area contributed by atoms with E-state index in [1.807, 2.05) is 0 Å². The van der Waals surface area contributed by atoms with Crippen molar-refractivity contribution in [1.29, 1.82) is 0 Å². The van der Waals surface area contributed by atoms with Crippen molar-refractivity contribution in [1.82, 2.24) is 0 Å². The molecule has 0 aliphatic heterocycles. The van der Waals surface area contributed by atoms with Crippen LogP contribution in [0.1, 0.15) is 85.0 Å². The van der Waals surface area contributed by atoms with E-state index in [0.29, 0.717) is 41.9 Å². The van der Waals surface area contributed by atoms with Crippen molar-refractivity contribution < 1.29 is 20.1 Å². The second kappa shape index (κ2) is 7.27. The molecule has 0 aromatic rings. The molecule has 0 unspecified atom stereocenters. The van der Waals surface area contributed by atoms with Gasteiger partial charge in [0.15, 0.2) is 0 Å². The highest BCUT2D eigenvalue weighted by Gasteiger charge is 2.65. The lowest BCUT2D eigenvalue weighted by molar-refractivity contribution is -0.201. The van der Waals surface area contributed by atoms with Gasteiger partial charge in [0.05, 0.1) is 12.2 Å². The summed E-state index contributed by atoms with van der Waals surface area (Å²) >= 11 is 0. The average molecular weight is 393 g/mol. The number of aliphatic hydroxyl groups is 2. The normalized spacial score (nSPS) is 51.7. The zero-order chi connectivity index (χ0) is 20.3. The molecule has 3 N–H and O–H groups in total. The minimum Gasteiger partial charge on any atom is -0.481 e. The van der Waals surface area contributed by atoms with Crippen molar-refractivity contribution in [2.45, 2.75) is 97.2 Å². The van der Waals surface area contributed by atoms with Gasteiger partial charge in [0.25, 0.3) is 0 Å². The maximum absolute atomic E-state index is 11.5. The van der Waals surface area contributed by atoms with Crippen LogP contribution in [0.4, 0.5) is 0 Å². The molecule has 0 aromatic heterocycles. The van der Waals surface area contributed by atoms with Gasteiger partial charge in [-0.2, -0.15) is 0 Å². The first-order valence-corrected chi connectivity index (χ1v) is 11.8. The van der Waals surface area contributed by atoms with Gasteiger partial charge in [-0.1, -0.05) is 33.6 Å². The first-order chi connectivity index (χ1) is 13.2. The lowest BCUT2D eigenvalue weighted by Gasteiger charge is -2.63. The Hall–Kier alpha value is -0.610. The van der Waals surface area contributed by atoms with E-state index in [0.717, 1.165) is 25.7 Å². The van der Waals surface area contributed by atoms with Crippen LogP contribution in [0.2, 0.25) is 0 Å². The molecule has 28 heavy (non-hydrogen) atoms. The molecule has 0 amide bonds. The molecule has 0 heterocycles. The van der Waals surface area contributed by atoms with E-state index in [1.165, 1.54) is 25.7 Å². The van der Waals surface area contributed by atoms with Crippen LogP contribution in [0.3, 0.4) is 0 Å². The van der Waals surface area contributed by atoms with E-state index in [1.54, 1.807) is 0 Å². The van der Waals surface area contributed by atoms with Crippen molar-refractivity contribution in [3.63, 3.8) is 0 Å². The lowest BCUT2D eigenvalue weighted by atomic mass is 9.43. The zero-order valence-electron chi connectivity index (χ0n) is 17.9. The molecule has 0 aromatic carbocycles. The number of carbonyl (C=O) groups is 1. The van der Waals surface area contributed by atoms with Gasteiger partial charge in [0.2, 0.25) is 0 Å². The van der Waals surface area contributed by atoms with E-state index >= 15 is 0 Å². The van der Waals surface area contributed by atoms with Gasteiger partial charge in [-0.05, 0) is 91.3 Å². The fourth-order valence-corrected chi connectivity index (χ4v) is 8.74. The summed E-state index contributed by atoms with van der Waals surface area (Å²) < 4.78 is 0. The van der Waals surface area contributed by atoms with E-state index < -0.39 is 5.97 Å². The van der Waals surface area contributed by atoms with Crippen LogP contribution in [0, 0.1) is 46.3 Å². The van der Waals surface area contributed by atoms with E-state index in [2.05, 4.69) is 20.8 Å². The van der Waals surface area contributed by atoms with Crippen LogP contribution in [-0.4, -0.2) is 33.5 Å². The second-order valence-electron chi connectivity index (χ2n) is 11.3. The van der Waals surface area contributed by atoms with Crippen molar-refractivity contribution >= 4 is 5.97 Å². The predicted octanol–water partition coefficient (Wildman–Crippen LogP) is 4.48. The molecule has 4 aliphatic rings. The minimum absolute atomic E-state index is 0.183. The van der Waals surface area contributed by atoms with Crippen LogP contribution in [0.15, 0.2) is 0 Å². The first kappa shape index (κ1) is 20.7. The van der Waals surface area contributed by atoms with Gasteiger partial charge in [0, 0.05) is 6.42 Å². The average Bonchev–Trinajstić information content (AvgIpc) is 3.00. The molecule has 4 fully saturated rings. The molecule has 10 atom stereocenters. The van der Waals surface area contributed by atoms with Gasteiger partial charge < -0.3 is 15.3 Å². The first-order valence-electron chi connectivity index (χ1n) is 11.8. The van der Waals surface area contributed by atoms with Gasteiger partial charge in [-0.3, -0.25) is 4.79 Å². The molecule has 4 saturated carbocycles. The Kier molecular flexibility index (Phi) is 5.36. The number of rotatable bonds is 4. The van der Waals surface area contributed by atoms with Gasteiger partial charge in [0.1, 0.15) is 0 Å². The second-order valence-corrected chi connectivity index (χ2v) is 11.3. The fraction of sp³-hybridized carbons (Fsp3) is 0.958. The number of hydrogen-bond acceptors (Lipinski definition) is 3. The van der Waals surface area contributed by atoms with Crippen LogP contribution in [-0.2, 0) is 4.79 Å². The Morgan fingerprint density at radius 3 is 2.54 bits per heavy atom. The SMILES string of the molecule is C[C@H](CCC(=O)O)[C@H]1CC[C@H]2[C@@H]3[C@H](O)C[C@H]4CCCC[C@]4(C)[C@H]3C[C@@H](O)[C@]12C. The van der Waals surface area contributed by atoms with Crippen LogP contribution < -0.4 is 0 Å². The number of fused-ring (bicyclic) bond motifs is 5. The zero-order valence-corrected chi connectivity index (χ0v) is 17.9. The van der Waals surface area contributed by atoms with E-state index in [-0.39, 0.29) is 29.5 Å². The Labute approximate surface area is 170 Å². The van der Waals surface area contributed by atoms with E-state index in [4.69, 9.17) is 5.11 Å². The van der Waals surface area contributed by atoms with Gasteiger partial charge >= 0.3 is 5.97 Å². The topological polar surface area (TPSA) is 77.8 Å². The third-order valence-electron chi connectivity index (χ3n) is 10.3. The summed E-state index contributed by atoms with van der Waals surface area (Å²) in [6.45, 7) is 6.89. The molecule has 0 bridgehead atoms. The Morgan fingerprint density at radius 1 is 1.07 bits per heavy atom. The summed E-state index contributed by atoms with van der Waals surface area (Å²) in [4.78, 5) is 11.1. The Balaban J connectivity index is 1.61. The summed E-state index contributed by atoms with van der Waals surface area (Å²) in [5.74, 6) is 1.66. The predicted molar refractivity (Wildman–Crippen MR) is 109 cm³/mol. The summed E-state index contributed by atoms with van der Waals surface area (Å²) in [7, 11) is 0. The quantitative estimate of drug-likeness (QED) is 0.659. The molecule has 160 valence electrons. The molecule has 0 radical (unpaired) electrons. The maximum Gasteiger partial charge on any atom is 0.303 e. The highest BCUT2D eigenvalue weighted by atomic mass is 16.4. The van der Waals surface area contributed by atoms with E-state index in [9.17, 15) is 15.0 Å². The number of aliphatic hydroxyl groups excluding tert-OH is 2. The molecule has 0 saturated heterocycles. The summed E-state index contributed by atoms with van der Waals surface area (Å²) in [5, 5.41) is 31.8. The lowest BCUT2D eigenvalue weighted by Crippen LogP contribution is -2.61. The van der Waals surface area contributed by atoms with Crippen molar-refractivity contribution in [2.24, 2.45) is 46.3 Å². The molecule has 0 spiro atoms. The molecule has 4 nitrogen and oxygen atoms in total. The standard InChI is InChI=1S/C24H40O4/c1-14(7-10-21(27)28)16-8-9-17-22-18(13-20(26)24(16,17)3)23(2)11-5-4-6-15(23)12-19(22)25/h14-20,22,25-26H,4-13H2,1-3H3,(H,27,28)/t14-,15-,16-,17+,18+,19-,20-,22+,23+,24-/m1/s1. The summed E-state index contributed by atoms with van der Waals surface area (Å²) in [6.07, 6.45) is 9.32. The Bertz CT molecular complexity index is 605. The van der Waals surface area contributed by atoms with Crippen LogP contribution >= 0.6 is 0 Å². The maximum atomic E-state index is 11.5. The van der Waals surface area contributed by atoms with Crippen LogP contribution in [0.5, 0.6) is 0 Å². The van der Waals surface area contributed by atoms with Crippen molar-refractivity contribution in [3.05, 3.63) is 0 Å². The summed E-state index contributed by atoms with van der Waals surface area (Å²) in [6, 6.07) is 0. The highest BCUT2D eigenvalue weighted by molar-refractivity contribution is 5.66. The number of carboxylic acid groups (broad SMARTS) is 1. The van der Waals surface area contributed by atoms with Crippen molar-refractivity contribution in [2.75, 3.05) is 0 Å². The van der Waals surface area contributed by atoms with Gasteiger partial charge in [-0.25, -0.2) is 0 Å². The molecule has 4 aliphatic carbocycles. The molecular formula is C24H40O4. The third-order valence-corrected chi connectivity index (χ3v) is 10.3. The molecule has 4 heteroatoms. The largest absolute Gasteiger partial charge is 0.481 e. The van der Waals surface area contributed by atoms with Gasteiger partial charge in [-0.15, -0.1) is 0 Å². The smallest absolute Gasteiger partial charge is 0.303 e. The monoisotopic (exact) mass is 392 g/mol. The van der Waals surface area contributed by atoms with Crippen LogP contribution in [0.25, 0.3) is 0 Å². The molecule has 4 rings (SSSR count). The Morgan fingerprint density at radius 2 is 1.82 bits per heavy atom. The number of carboxylic acids is 1. The highest BCUT2D eigenvalue weighted by Crippen LogP contribution is 2.68. The number of hydrogen-bond donors (Lipinski definition) is 3. The number of aliphatic carboxylic acids is 1. The minimum atomic E-state index is -0.727. The van der Waals surface area contributed by atoms with Crippen molar-refractivity contribution in [3.8, 4) is 0 Å². The molecular weight excluding hydrogens is 352 g/mol. The fourth-order valence-electron chi connectivity index (χ4n) is 8.74. The third kappa shape index (κ3) is 2.96.